The van der Waals surface area contributed by atoms with Crippen LogP contribution in [0.25, 0.3) is 5.57 Å². The minimum Gasteiger partial charge on any atom is -0.495 e. The van der Waals surface area contributed by atoms with Crippen LogP contribution in [-0.2, 0) is 9.59 Å². The number of imide groups is 1. The molecule has 6 nitrogen and oxygen atoms in total. The Morgan fingerprint density at radius 1 is 0.853 bits per heavy atom. The molecule has 1 heterocycles. The lowest BCUT2D eigenvalue weighted by Gasteiger charge is -2.18. The highest BCUT2D eigenvalue weighted by atomic mass is 16.5. The summed E-state index contributed by atoms with van der Waals surface area (Å²) in [6.07, 6.45) is 0.0568. The molecule has 0 radical (unpaired) electrons. The average Bonchev–Trinajstić information content (AvgIpc) is 3.05. The summed E-state index contributed by atoms with van der Waals surface area (Å²) in [5, 5.41) is 3.19. The van der Waals surface area contributed by atoms with E-state index in [4.69, 9.17) is 9.47 Å². The van der Waals surface area contributed by atoms with Gasteiger partial charge in [0.1, 0.15) is 17.2 Å². The number of nitrogens with one attached hydrogen (secondary N) is 1. The number of aryl methyl sites for hydroxylation is 2. The maximum atomic E-state index is 13.7. The van der Waals surface area contributed by atoms with Crippen LogP contribution in [0.3, 0.4) is 0 Å². The highest BCUT2D eigenvalue weighted by molar-refractivity contribution is 6.46. The van der Waals surface area contributed by atoms with Crippen LogP contribution in [0.4, 0.5) is 11.4 Å². The first kappa shape index (κ1) is 23.1. The molecule has 1 N–H and O–H groups in total. The van der Waals surface area contributed by atoms with Crippen molar-refractivity contribution in [3.05, 3.63) is 89.1 Å². The monoisotopic (exact) mass is 456 g/mol. The molecule has 3 aromatic carbocycles. The van der Waals surface area contributed by atoms with E-state index < -0.39 is 11.8 Å². The third-order valence-corrected chi connectivity index (χ3v) is 5.70. The molecule has 1 aliphatic heterocycles. The van der Waals surface area contributed by atoms with E-state index in [-0.39, 0.29) is 11.8 Å². The first-order valence-electron chi connectivity index (χ1n) is 11.2. The summed E-state index contributed by atoms with van der Waals surface area (Å²) in [7, 11) is 1.52. The second-order valence-electron chi connectivity index (χ2n) is 8.48. The Bertz CT molecular complexity index is 1280. The van der Waals surface area contributed by atoms with Gasteiger partial charge < -0.3 is 14.8 Å². The van der Waals surface area contributed by atoms with Gasteiger partial charge in [0.15, 0.2) is 0 Å². The molecular weight excluding hydrogens is 428 g/mol. The van der Waals surface area contributed by atoms with Crippen LogP contribution in [0.15, 0.2) is 72.4 Å². The number of para-hydroxylation sites is 2. The van der Waals surface area contributed by atoms with Gasteiger partial charge in [0, 0.05) is 5.69 Å². The third kappa shape index (κ3) is 4.39. The lowest BCUT2D eigenvalue weighted by molar-refractivity contribution is -0.120. The average molecular weight is 457 g/mol. The molecule has 34 heavy (non-hydrogen) atoms. The second-order valence-corrected chi connectivity index (χ2v) is 8.48. The maximum Gasteiger partial charge on any atom is 0.282 e. The predicted octanol–water partition coefficient (Wildman–Crippen LogP) is 5.50. The van der Waals surface area contributed by atoms with Crippen molar-refractivity contribution in [1.82, 2.24) is 0 Å². The van der Waals surface area contributed by atoms with Gasteiger partial charge in [-0.1, -0.05) is 30.3 Å². The van der Waals surface area contributed by atoms with Gasteiger partial charge in [-0.15, -0.1) is 0 Å². The SMILES string of the molecule is COc1ccccc1N1C(=O)C(Nc2ccc(OC(C)C)cc2)=C(c2ccc(C)c(C)c2)C1=O. The number of carbonyl (C=O) groups is 2. The molecule has 3 aromatic rings. The van der Waals surface area contributed by atoms with Crippen LogP contribution >= 0.6 is 0 Å². The highest BCUT2D eigenvalue weighted by Gasteiger charge is 2.41. The van der Waals surface area contributed by atoms with Crippen LogP contribution in [0.5, 0.6) is 11.5 Å². The van der Waals surface area contributed by atoms with Crippen LogP contribution in [0.2, 0.25) is 0 Å². The predicted molar refractivity (Wildman–Crippen MR) is 134 cm³/mol. The van der Waals surface area contributed by atoms with Gasteiger partial charge in [-0.2, -0.15) is 0 Å². The summed E-state index contributed by atoms with van der Waals surface area (Å²) in [5.41, 5.74) is 4.45. The van der Waals surface area contributed by atoms with E-state index in [1.807, 2.05) is 70.2 Å². The summed E-state index contributed by atoms with van der Waals surface area (Å²) in [4.78, 5) is 28.5. The molecule has 0 aromatic heterocycles. The smallest absolute Gasteiger partial charge is 0.282 e. The van der Waals surface area contributed by atoms with Gasteiger partial charge in [-0.25, -0.2) is 4.90 Å². The van der Waals surface area contributed by atoms with E-state index in [0.29, 0.717) is 28.3 Å². The van der Waals surface area contributed by atoms with Crippen molar-refractivity contribution in [2.24, 2.45) is 0 Å². The lowest BCUT2D eigenvalue weighted by Crippen LogP contribution is -2.32. The minimum atomic E-state index is -0.440. The number of anilines is 2. The Morgan fingerprint density at radius 3 is 2.21 bits per heavy atom. The van der Waals surface area contributed by atoms with E-state index in [1.54, 1.807) is 24.3 Å². The van der Waals surface area contributed by atoms with E-state index in [1.165, 1.54) is 12.0 Å². The molecule has 0 fully saturated rings. The fraction of sp³-hybridized carbons (Fsp3) is 0.214. The summed E-state index contributed by atoms with van der Waals surface area (Å²) >= 11 is 0. The Balaban J connectivity index is 1.79. The number of carbonyl (C=O) groups excluding carboxylic acids is 2. The number of methoxy groups -OCH3 is 1. The Hall–Kier alpha value is -4.06. The van der Waals surface area contributed by atoms with Crippen molar-refractivity contribution in [1.29, 1.82) is 0 Å². The van der Waals surface area contributed by atoms with Crippen molar-refractivity contribution < 1.29 is 19.1 Å². The summed E-state index contributed by atoms with van der Waals surface area (Å²) in [5.74, 6) is 0.332. The van der Waals surface area contributed by atoms with Gasteiger partial charge in [-0.3, -0.25) is 9.59 Å². The molecule has 0 unspecified atom stereocenters. The number of nitrogens with zero attached hydrogens (tertiary/aromatic N) is 1. The van der Waals surface area contributed by atoms with Crippen LogP contribution in [0, 0.1) is 13.8 Å². The van der Waals surface area contributed by atoms with Gasteiger partial charge in [-0.05, 0) is 80.8 Å². The topological polar surface area (TPSA) is 67.9 Å². The largest absolute Gasteiger partial charge is 0.495 e. The number of amides is 2. The first-order chi connectivity index (χ1) is 16.3. The normalized spacial score (nSPS) is 13.6. The van der Waals surface area contributed by atoms with Crippen molar-refractivity contribution in [3.8, 4) is 11.5 Å². The van der Waals surface area contributed by atoms with E-state index in [9.17, 15) is 9.59 Å². The van der Waals surface area contributed by atoms with Gasteiger partial charge in [0.2, 0.25) is 0 Å². The summed E-state index contributed by atoms with van der Waals surface area (Å²) in [6, 6.07) is 20.1. The molecule has 1 aliphatic rings. The molecule has 0 spiro atoms. The molecule has 174 valence electrons. The molecule has 4 rings (SSSR count). The van der Waals surface area contributed by atoms with E-state index in [2.05, 4.69) is 5.32 Å². The Kier molecular flexibility index (Phi) is 6.41. The molecular formula is C28H28N2O4. The van der Waals surface area contributed by atoms with Gasteiger partial charge in [0.05, 0.1) is 24.5 Å². The van der Waals surface area contributed by atoms with Gasteiger partial charge >= 0.3 is 0 Å². The molecule has 0 saturated carbocycles. The fourth-order valence-electron chi connectivity index (χ4n) is 3.88. The Labute approximate surface area is 199 Å². The van der Waals surface area contributed by atoms with Crippen molar-refractivity contribution in [2.75, 3.05) is 17.3 Å². The number of ether oxygens (including phenoxy) is 2. The molecule has 0 atom stereocenters. The third-order valence-electron chi connectivity index (χ3n) is 5.70. The zero-order chi connectivity index (χ0) is 24.4. The summed E-state index contributed by atoms with van der Waals surface area (Å²) < 4.78 is 11.1. The first-order valence-corrected chi connectivity index (χ1v) is 11.2. The standard InChI is InChI=1S/C28H28N2O4/c1-17(2)34-22-14-12-21(13-15-22)29-26-25(20-11-10-18(3)19(4)16-20)27(31)30(28(26)32)23-8-6-7-9-24(23)33-5/h6-17,29H,1-5H3. The fourth-order valence-corrected chi connectivity index (χ4v) is 3.88. The lowest BCUT2D eigenvalue weighted by atomic mass is 9.99. The van der Waals surface area contributed by atoms with Gasteiger partial charge in [0.25, 0.3) is 11.8 Å². The zero-order valence-corrected chi connectivity index (χ0v) is 20.0. The number of benzene rings is 3. The molecule has 0 bridgehead atoms. The minimum absolute atomic E-state index is 0.0568. The van der Waals surface area contributed by atoms with E-state index >= 15 is 0 Å². The molecule has 0 aliphatic carbocycles. The molecule has 0 saturated heterocycles. The van der Waals surface area contributed by atoms with E-state index in [0.717, 1.165) is 16.9 Å². The van der Waals surface area contributed by atoms with Crippen molar-refractivity contribution in [2.45, 2.75) is 33.8 Å². The quantitative estimate of drug-likeness (QED) is 0.476. The van der Waals surface area contributed by atoms with Crippen LogP contribution in [-0.4, -0.2) is 25.0 Å². The zero-order valence-electron chi connectivity index (χ0n) is 20.0. The van der Waals surface area contributed by atoms with Crippen molar-refractivity contribution in [3.63, 3.8) is 0 Å². The van der Waals surface area contributed by atoms with Crippen LogP contribution in [0.1, 0.15) is 30.5 Å². The van der Waals surface area contributed by atoms with Crippen molar-refractivity contribution >= 4 is 28.8 Å². The Morgan fingerprint density at radius 2 is 1.56 bits per heavy atom. The number of rotatable bonds is 7. The second kappa shape index (κ2) is 9.43. The highest BCUT2D eigenvalue weighted by Crippen LogP contribution is 2.38. The van der Waals surface area contributed by atoms with Crippen LogP contribution < -0.4 is 19.7 Å². The number of hydrogen-bond donors (Lipinski definition) is 1. The summed E-state index contributed by atoms with van der Waals surface area (Å²) in [6.45, 7) is 7.92. The maximum absolute atomic E-state index is 13.7. The number of hydrogen-bond acceptors (Lipinski definition) is 5. The molecule has 2 amide bonds. The molecule has 6 heteroatoms.